The monoisotopic (exact) mass is 451 g/mol. The van der Waals surface area contributed by atoms with Gasteiger partial charge >= 0.3 is 6.09 Å². The molecule has 7 nitrogen and oxygen atoms in total. The van der Waals surface area contributed by atoms with Crippen molar-refractivity contribution < 1.29 is 19.1 Å². The average molecular weight is 452 g/mol. The molecule has 0 aliphatic carbocycles. The molecule has 0 bridgehead atoms. The summed E-state index contributed by atoms with van der Waals surface area (Å²) >= 11 is 6.16. The lowest BCUT2D eigenvalue weighted by molar-refractivity contribution is -0.122. The molecule has 0 saturated carbocycles. The van der Waals surface area contributed by atoms with E-state index in [4.69, 9.17) is 21.1 Å². The van der Waals surface area contributed by atoms with Crippen LogP contribution in [-0.4, -0.2) is 61.8 Å². The quantitative estimate of drug-likeness (QED) is 0.730. The molecule has 1 atom stereocenters. The van der Waals surface area contributed by atoms with Crippen molar-refractivity contribution >= 4 is 29.3 Å². The summed E-state index contributed by atoms with van der Waals surface area (Å²) in [6.45, 7) is 8.46. The second-order valence-electron chi connectivity index (χ2n) is 9.43. The van der Waals surface area contributed by atoms with Gasteiger partial charge in [-0.3, -0.25) is 4.79 Å². The van der Waals surface area contributed by atoms with Crippen LogP contribution in [-0.2, 0) is 9.53 Å². The third-order valence-corrected chi connectivity index (χ3v) is 6.01. The predicted molar refractivity (Wildman–Crippen MR) is 122 cm³/mol. The number of nitrogens with zero attached hydrogens (tertiary/aromatic N) is 2. The fourth-order valence-electron chi connectivity index (χ4n) is 4.20. The summed E-state index contributed by atoms with van der Waals surface area (Å²) < 4.78 is 10.9. The second-order valence-corrected chi connectivity index (χ2v) is 9.87. The fraction of sp³-hybridized carbons (Fsp3) is 0.652. The van der Waals surface area contributed by atoms with Gasteiger partial charge < -0.3 is 24.6 Å². The molecule has 2 aliphatic rings. The van der Waals surface area contributed by atoms with Crippen molar-refractivity contribution in [2.24, 2.45) is 5.92 Å². The number of nitrogens with one attached hydrogen (secondary N) is 1. The molecule has 8 heteroatoms. The molecule has 2 saturated heterocycles. The van der Waals surface area contributed by atoms with Crippen LogP contribution < -0.4 is 15.0 Å². The van der Waals surface area contributed by atoms with Crippen molar-refractivity contribution in [1.82, 2.24) is 10.2 Å². The molecule has 2 amide bonds. The topological polar surface area (TPSA) is 71.1 Å². The van der Waals surface area contributed by atoms with E-state index in [1.54, 1.807) is 12.0 Å². The zero-order valence-electron chi connectivity index (χ0n) is 18.9. The van der Waals surface area contributed by atoms with Gasteiger partial charge in [-0.2, -0.15) is 0 Å². The summed E-state index contributed by atoms with van der Waals surface area (Å²) in [5.41, 5.74) is 0.471. The molecule has 0 spiro atoms. The van der Waals surface area contributed by atoms with Gasteiger partial charge in [-0.1, -0.05) is 11.6 Å². The van der Waals surface area contributed by atoms with Gasteiger partial charge in [-0.15, -0.1) is 0 Å². The number of hydrogen-bond acceptors (Lipinski definition) is 5. The zero-order valence-corrected chi connectivity index (χ0v) is 19.7. The summed E-state index contributed by atoms with van der Waals surface area (Å²) in [5, 5.41) is 3.85. The van der Waals surface area contributed by atoms with Gasteiger partial charge in [0.2, 0.25) is 5.91 Å². The highest BCUT2D eigenvalue weighted by atomic mass is 35.5. The van der Waals surface area contributed by atoms with Crippen LogP contribution in [0, 0.1) is 5.92 Å². The minimum Gasteiger partial charge on any atom is -0.495 e. The lowest BCUT2D eigenvalue weighted by Gasteiger charge is -2.33. The minimum atomic E-state index is -0.488. The first-order valence-corrected chi connectivity index (χ1v) is 11.4. The Kier molecular flexibility index (Phi) is 7.57. The van der Waals surface area contributed by atoms with Crippen LogP contribution in [0.4, 0.5) is 10.5 Å². The molecule has 2 heterocycles. The zero-order chi connectivity index (χ0) is 22.6. The summed E-state index contributed by atoms with van der Waals surface area (Å²) in [7, 11) is 1.65. The third-order valence-electron chi connectivity index (χ3n) is 5.78. The number of carbonyl (C=O) groups is 2. The molecule has 1 aromatic rings. The number of ether oxygens (including phenoxy) is 2. The molecule has 2 aliphatic heterocycles. The molecule has 1 aromatic carbocycles. The number of likely N-dealkylation sites (tertiary alicyclic amines) is 1. The van der Waals surface area contributed by atoms with Crippen LogP contribution in [0.2, 0.25) is 5.02 Å². The van der Waals surface area contributed by atoms with E-state index in [2.05, 4.69) is 10.2 Å². The van der Waals surface area contributed by atoms with Gasteiger partial charge in [0.25, 0.3) is 0 Å². The van der Waals surface area contributed by atoms with Crippen molar-refractivity contribution in [3.05, 3.63) is 23.2 Å². The minimum absolute atomic E-state index is 0.0839. The van der Waals surface area contributed by atoms with E-state index < -0.39 is 5.60 Å². The number of amides is 2. The summed E-state index contributed by atoms with van der Waals surface area (Å²) in [4.78, 5) is 28.7. The smallest absolute Gasteiger partial charge is 0.410 e. The Bertz CT molecular complexity index is 788. The Morgan fingerprint density at radius 1 is 1.16 bits per heavy atom. The van der Waals surface area contributed by atoms with Gasteiger partial charge in [0.15, 0.2) is 0 Å². The van der Waals surface area contributed by atoms with Crippen LogP contribution in [0.3, 0.4) is 0 Å². The lowest BCUT2D eigenvalue weighted by atomic mass is 9.93. The van der Waals surface area contributed by atoms with Crippen molar-refractivity contribution in [3.63, 3.8) is 0 Å². The average Bonchev–Trinajstić information content (AvgIpc) is 3.15. The SMILES string of the molecule is COc1ccc(Cl)cc1N1CCC(NC(=O)CC2CCN(C(=O)OC(C)(C)C)CC2)C1. The predicted octanol–water partition coefficient (Wildman–Crippen LogP) is 4.08. The van der Waals surface area contributed by atoms with Crippen molar-refractivity contribution in [1.29, 1.82) is 0 Å². The molecular formula is C23H34ClN3O4. The van der Waals surface area contributed by atoms with Gasteiger partial charge in [0.05, 0.1) is 12.8 Å². The van der Waals surface area contributed by atoms with Gasteiger partial charge in [0, 0.05) is 43.7 Å². The van der Waals surface area contributed by atoms with E-state index in [0.717, 1.165) is 43.8 Å². The van der Waals surface area contributed by atoms with Gasteiger partial charge in [-0.25, -0.2) is 4.79 Å². The maximum absolute atomic E-state index is 12.6. The van der Waals surface area contributed by atoms with Crippen LogP contribution in [0.1, 0.15) is 46.5 Å². The molecule has 2 fully saturated rings. The normalized spacial score (nSPS) is 20.0. The van der Waals surface area contributed by atoms with Crippen molar-refractivity contribution in [2.45, 2.75) is 58.1 Å². The lowest BCUT2D eigenvalue weighted by Crippen LogP contribution is -2.43. The number of halogens is 1. The fourth-order valence-corrected chi connectivity index (χ4v) is 4.37. The number of methoxy groups -OCH3 is 1. The highest BCUT2D eigenvalue weighted by Gasteiger charge is 2.30. The summed E-state index contributed by atoms with van der Waals surface area (Å²) in [6, 6.07) is 5.70. The summed E-state index contributed by atoms with van der Waals surface area (Å²) in [6.07, 6.45) is 2.77. The highest BCUT2D eigenvalue weighted by molar-refractivity contribution is 6.30. The van der Waals surface area contributed by atoms with Crippen LogP contribution in [0.5, 0.6) is 5.75 Å². The van der Waals surface area contributed by atoms with Crippen LogP contribution in [0.25, 0.3) is 0 Å². The van der Waals surface area contributed by atoms with Gasteiger partial charge in [0.1, 0.15) is 11.4 Å². The number of piperidine rings is 1. The molecule has 0 radical (unpaired) electrons. The Hall–Kier alpha value is -2.15. The number of benzene rings is 1. The molecule has 0 aromatic heterocycles. The van der Waals surface area contributed by atoms with Crippen LogP contribution in [0.15, 0.2) is 18.2 Å². The molecule has 1 N–H and O–H groups in total. The van der Waals surface area contributed by atoms with Crippen molar-refractivity contribution in [3.8, 4) is 5.75 Å². The number of hydrogen-bond donors (Lipinski definition) is 1. The molecule has 172 valence electrons. The standard InChI is InChI=1S/C23H34ClN3O4/c1-23(2,3)31-22(29)26-10-7-16(8-11-26)13-21(28)25-18-9-12-27(15-18)19-14-17(24)5-6-20(19)30-4/h5-6,14,16,18H,7-13,15H2,1-4H3,(H,25,28). The van der Waals surface area contributed by atoms with E-state index in [9.17, 15) is 9.59 Å². The molecule has 31 heavy (non-hydrogen) atoms. The van der Waals surface area contributed by atoms with E-state index in [0.29, 0.717) is 30.5 Å². The van der Waals surface area contributed by atoms with E-state index in [1.807, 2.05) is 39.0 Å². The number of carbonyl (C=O) groups excluding carboxylic acids is 2. The van der Waals surface area contributed by atoms with E-state index >= 15 is 0 Å². The third kappa shape index (κ3) is 6.66. The highest BCUT2D eigenvalue weighted by Crippen LogP contribution is 2.33. The Morgan fingerprint density at radius 3 is 2.52 bits per heavy atom. The number of anilines is 1. The Morgan fingerprint density at radius 2 is 1.87 bits per heavy atom. The number of rotatable bonds is 5. The van der Waals surface area contributed by atoms with Gasteiger partial charge in [-0.05, 0) is 64.2 Å². The van der Waals surface area contributed by atoms with E-state index in [-0.39, 0.29) is 18.0 Å². The molecular weight excluding hydrogens is 418 g/mol. The maximum Gasteiger partial charge on any atom is 0.410 e. The van der Waals surface area contributed by atoms with Crippen molar-refractivity contribution in [2.75, 3.05) is 38.2 Å². The second kappa shape index (κ2) is 9.98. The molecule has 1 unspecified atom stereocenters. The largest absolute Gasteiger partial charge is 0.495 e. The summed E-state index contributed by atoms with van der Waals surface area (Å²) in [5.74, 6) is 1.16. The first kappa shape index (κ1) is 23.5. The Labute approximate surface area is 190 Å². The first-order valence-electron chi connectivity index (χ1n) is 11.0. The Balaban J connectivity index is 1.43. The van der Waals surface area contributed by atoms with Crippen LogP contribution >= 0.6 is 11.6 Å². The van der Waals surface area contributed by atoms with E-state index in [1.165, 1.54) is 0 Å². The maximum atomic E-state index is 12.6. The molecule has 3 rings (SSSR count). The first-order chi connectivity index (χ1) is 14.6.